The quantitative estimate of drug-likeness (QED) is 0.108. The molecular formula is C24H36N2O7. The van der Waals surface area contributed by atoms with Crippen molar-refractivity contribution in [2.45, 2.75) is 77.7 Å². The van der Waals surface area contributed by atoms with Crippen LogP contribution in [-0.4, -0.2) is 54.3 Å². The topological polar surface area (TPSA) is 116 Å². The van der Waals surface area contributed by atoms with Crippen LogP contribution in [-0.2, 0) is 14.3 Å². The maximum atomic E-state index is 13.0. The van der Waals surface area contributed by atoms with Gasteiger partial charge < -0.3 is 14.4 Å². The van der Waals surface area contributed by atoms with Crippen LogP contribution in [0.5, 0.6) is 5.75 Å². The molecule has 0 aliphatic rings. The molecule has 0 aromatic heterocycles. The number of nitrogens with zero attached hydrogens (tertiary/aromatic N) is 2. The third-order valence-electron chi connectivity index (χ3n) is 5.38. The van der Waals surface area contributed by atoms with Gasteiger partial charge >= 0.3 is 5.97 Å². The lowest BCUT2D eigenvalue weighted by molar-refractivity contribution is -0.385. The Hall–Kier alpha value is -2.97. The average molecular weight is 465 g/mol. The predicted molar refractivity (Wildman–Crippen MR) is 124 cm³/mol. The first kappa shape index (κ1) is 28.1. The van der Waals surface area contributed by atoms with Crippen molar-refractivity contribution in [3.63, 3.8) is 0 Å². The van der Waals surface area contributed by atoms with Gasteiger partial charge in [-0.1, -0.05) is 46.0 Å². The SMILES string of the molecule is CCCCCCN(C(=O)CCCOc1ccc([N+](=O)[O-])c(C=O)c1)C(CCCC)C(=O)OC. The normalized spacial score (nSPS) is 11.5. The average Bonchev–Trinajstić information content (AvgIpc) is 2.82. The number of benzene rings is 1. The zero-order chi connectivity index (χ0) is 24.6. The van der Waals surface area contributed by atoms with E-state index in [-0.39, 0.29) is 30.2 Å². The van der Waals surface area contributed by atoms with Crippen LogP contribution >= 0.6 is 0 Å². The molecule has 9 heteroatoms. The summed E-state index contributed by atoms with van der Waals surface area (Å²) in [7, 11) is 1.34. The van der Waals surface area contributed by atoms with Gasteiger partial charge in [0, 0.05) is 19.0 Å². The molecule has 0 saturated heterocycles. The van der Waals surface area contributed by atoms with E-state index in [2.05, 4.69) is 6.92 Å². The molecule has 0 saturated carbocycles. The Morgan fingerprint density at radius 2 is 1.85 bits per heavy atom. The summed E-state index contributed by atoms with van der Waals surface area (Å²) in [6, 6.07) is 3.36. The molecule has 1 atom stereocenters. The Kier molecular flexibility index (Phi) is 13.4. The van der Waals surface area contributed by atoms with E-state index >= 15 is 0 Å². The Balaban J connectivity index is 2.74. The molecule has 0 heterocycles. The third kappa shape index (κ3) is 9.59. The monoisotopic (exact) mass is 464 g/mol. The molecule has 1 rings (SSSR count). The smallest absolute Gasteiger partial charge is 0.328 e. The second kappa shape index (κ2) is 15.8. The second-order valence-corrected chi connectivity index (χ2v) is 7.88. The summed E-state index contributed by atoms with van der Waals surface area (Å²) in [6.45, 7) is 4.86. The number of hydrogen-bond donors (Lipinski definition) is 0. The fourth-order valence-electron chi connectivity index (χ4n) is 3.54. The lowest BCUT2D eigenvalue weighted by atomic mass is 10.1. The molecular weight excluding hydrogens is 428 g/mol. The Labute approximate surface area is 195 Å². The predicted octanol–water partition coefficient (Wildman–Crippen LogP) is 4.71. The number of aldehydes is 1. The number of carbonyl (C=O) groups is 3. The summed E-state index contributed by atoms with van der Waals surface area (Å²) >= 11 is 0. The van der Waals surface area contributed by atoms with Crippen LogP contribution in [0.15, 0.2) is 18.2 Å². The fraction of sp³-hybridized carbons (Fsp3) is 0.625. The number of nitro benzene ring substituents is 1. The van der Waals surface area contributed by atoms with Gasteiger partial charge in [-0.2, -0.15) is 0 Å². The Morgan fingerprint density at radius 3 is 2.45 bits per heavy atom. The molecule has 9 nitrogen and oxygen atoms in total. The second-order valence-electron chi connectivity index (χ2n) is 7.88. The van der Waals surface area contributed by atoms with E-state index in [1.165, 1.54) is 25.3 Å². The van der Waals surface area contributed by atoms with Crippen LogP contribution in [0.4, 0.5) is 5.69 Å². The Bertz CT molecular complexity index is 782. The molecule has 0 bridgehead atoms. The summed E-state index contributed by atoms with van der Waals surface area (Å²) in [4.78, 5) is 48.4. The summed E-state index contributed by atoms with van der Waals surface area (Å²) in [6.07, 6.45) is 7.28. The maximum absolute atomic E-state index is 13.0. The molecule has 184 valence electrons. The van der Waals surface area contributed by atoms with E-state index in [0.717, 1.165) is 38.5 Å². The molecule has 1 aromatic carbocycles. The highest BCUT2D eigenvalue weighted by atomic mass is 16.6. The van der Waals surface area contributed by atoms with Crippen molar-refractivity contribution in [2.75, 3.05) is 20.3 Å². The number of carbonyl (C=O) groups excluding carboxylic acids is 3. The molecule has 1 aromatic rings. The van der Waals surface area contributed by atoms with Crippen LogP contribution in [0, 0.1) is 10.1 Å². The van der Waals surface area contributed by atoms with Crippen molar-refractivity contribution < 1.29 is 28.8 Å². The number of ether oxygens (including phenoxy) is 2. The summed E-state index contributed by atoms with van der Waals surface area (Å²) < 4.78 is 10.5. The van der Waals surface area contributed by atoms with E-state index in [1.54, 1.807) is 4.90 Å². The van der Waals surface area contributed by atoms with Crippen molar-refractivity contribution in [2.24, 2.45) is 0 Å². The van der Waals surface area contributed by atoms with Gasteiger partial charge in [-0.3, -0.25) is 19.7 Å². The fourth-order valence-corrected chi connectivity index (χ4v) is 3.54. The van der Waals surface area contributed by atoms with Crippen LogP contribution in [0.1, 0.15) is 82.0 Å². The first-order valence-electron chi connectivity index (χ1n) is 11.6. The first-order valence-corrected chi connectivity index (χ1v) is 11.6. The highest BCUT2D eigenvalue weighted by molar-refractivity contribution is 5.84. The highest BCUT2D eigenvalue weighted by Crippen LogP contribution is 2.23. The van der Waals surface area contributed by atoms with E-state index in [0.29, 0.717) is 31.4 Å². The van der Waals surface area contributed by atoms with Crippen LogP contribution in [0.3, 0.4) is 0 Å². The van der Waals surface area contributed by atoms with Crippen molar-refractivity contribution in [1.82, 2.24) is 4.90 Å². The van der Waals surface area contributed by atoms with Crippen LogP contribution in [0.25, 0.3) is 0 Å². The summed E-state index contributed by atoms with van der Waals surface area (Å²) in [5.74, 6) is -0.198. The number of nitro groups is 1. The number of amides is 1. The lowest BCUT2D eigenvalue weighted by Crippen LogP contribution is -2.46. The standard InChI is InChI=1S/C24H36N2O7/c1-4-6-8-9-15-25(22(11-7-5-2)24(29)32-3)23(28)12-10-16-33-20-13-14-21(26(30)31)19(17-20)18-27/h13-14,17-18,22H,4-12,15-16H2,1-3H3. The van der Waals surface area contributed by atoms with Gasteiger partial charge in [0.1, 0.15) is 11.8 Å². The van der Waals surface area contributed by atoms with Crippen molar-refractivity contribution >= 4 is 23.9 Å². The molecule has 1 amide bonds. The van der Waals surface area contributed by atoms with Gasteiger partial charge in [-0.05, 0) is 31.4 Å². The van der Waals surface area contributed by atoms with Crippen molar-refractivity contribution in [1.29, 1.82) is 0 Å². The number of hydrogen-bond acceptors (Lipinski definition) is 7. The molecule has 0 N–H and O–H groups in total. The van der Waals surface area contributed by atoms with E-state index in [9.17, 15) is 24.5 Å². The van der Waals surface area contributed by atoms with Crippen LogP contribution < -0.4 is 4.74 Å². The van der Waals surface area contributed by atoms with Gasteiger partial charge in [0.25, 0.3) is 5.69 Å². The van der Waals surface area contributed by atoms with E-state index < -0.39 is 16.9 Å². The van der Waals surface area contributed by atoms with Gasteiger partial charge in [0.2, 0.25) is 5.91 Å². The number of unbranched alkanes of at least 4 members (excludes halogenated alkanes) is 4. The minimum Gasteiger partial charge on any atom is -0.494 e. The van der Waals surface area contributed by atoms with Crippen molar-refractivity contribution in [3.8, 4) is 5.75 Å². The lowest BCUT2D eigenvalue weighted by Gasteiger charge is -2.30. The molecule has 33 heavy (non-hydrogen) atoms. The van der Waals surface area contributed by atoms with Gasteiger partial charge in [0.05, 0.1) is 24.2 Å². The van der Waals surface area contributed by atoms with Crippen LogP contribution in [0.2, 0.25) is 0 Å². The minimum atomic E-state index is -0.627. The number of rotatable bonds is 17. The number of methoxy groups -OCH3 is 1. The first-order chi connectivity index (χ1) is 15.9. The summed E-state index contributed by atoms with van der Waals surface area (Å²) in [5.41, 5.74) is -0.351. The molecule has 0 radical (unpaired) electrons. The number of esters is 1. The largest absolute Gasteiger partial charge is 0.494 e. The third-order valence-corrected chi connectivity index (χ3v) is 5.38. The zero-order valence-electron chi connectivity index (χ0n) is 19.9. The van der Waals surface area contributed by atoms with Gasteiger partial charge in [0.15, 0.2) is 6.29 Å². The van der Waals surface area contributed by atoms with Gasteiger partial charge in [-0.15, -0.1) is 0 Å². The maximum Gasteiger partial charge on any atom is 0.328 e. The zero-order valence-corrected chi connectivity index (χ0v) is 19.9. The van der Waals surface area contributed by atoms with E-state index in [1.807, 2.05) is 6.92 Å². The minimum absolute atomic E-state index is 0.0660. The van der Waals surface area contributed by atoms with E-state index in [4.69, 9.17) is 9.47 Å². The van der Waals surface area contributed by atoms with Gasteiger partial charge in [-0.25, -0.2) is 4.79 Å². The molecule has 0 fully saturated rings. The highest BCUT2D eigenvalue weighted by Gasteiger charge is 2.29. The molecule has 0 spiro atoms. The molecule has 1 unspecified atom stereocenters. The summed E-state index contributed by atoms with van der Waals surface area (Å²) in [5, 5.41) is 10.9. The molecule has 0 aliphatic carbocycles. The molecule has 0 aliphatic heterocycles. The van der Waals surface area contributed by atoms with Crippen molar-refractivity contribution in [3.05, 3.63) is 33.9 Å². The Morgan fingerprint density at radius 1 is 1.12 bits per heavy atom.